The van der Waals surface area contributed by atoms with Crippen LogP contribution in [0.4, 0.5) is 0 Å². The second kappa shape index (κ2) is 4.23. The van der Waals surface area contributed by atoms with E-state index in [1.165, 1.54) is 25.7 Å². The molecule has 0 amide bonds. The van der Waals surface area contributed by atoms with E-state index in [2.05, 4.69) is 20.8 Å². The molecule has 104 valence electrons. The SMILES string of the molecule is CC(C)CC(C)(CN)C12CC3CC(CC(C3)C1)C2. The van der Waals surface area contributed by atoms with Crippen LogP contribution in [0.1, 0.15) is 65.7 Å². The van der Waals surface area contributed by atoms with Crippen LogP contribution < -0.4 is 5.73 Å². The fourth-order valence-electron chi connectivity index (χ4n) is 6.27. The fourth-order valence-corrected chi connectivity index (χ4v) is 6.27. The summed E-state index contributed by atoms with van der Waals surface area (Å²) in [5.41, 5.74) is 7.29. The number of rotatable bonds is 4. The van der Waals surface area contributed by atoms with Crippen LogP contribution >= 0.6 is 0 Å². The molecule has 1 nitrogen and oxygen atoms in total. The van der Waals surface area contributed by atoms with Crippen LogP contribution in [0, 0.1) is 34.5 Å². The summed E-state index contributed by atoms with van der Waals surface area (Å²) in [5, 5.41) is 0. The molecule has 4 fully saturated rings. The maximum atomic E-state index is 6.28. The van der Waals surface area contributed by atoms with Gasteiger partial charge >= 0.3 is 0 Å². The maximum absolute atomic E-state index is 6.28. The highest BCUT2D eigenvalue weighted by molar-refractivity contribution is 5.08. The molecule has 4 saturated carbocycles. The highest BCUT2D eigenvalue weighted by atomic mass is 14.7. The van der Waals surface area contributed by atoms with Crippen LogP contribution in [0.15, 0.2) is 0 Å². The van der Waals surface area contributed by atoms with Gasteiger partial charge in [0.1, 0.15) is 0 Å². The van der Waals surface area contributed by atoms with Gasteiger partial charge in [0.25, 0.3) is 0 Å². The van der Waals surface area contributed by atoms with Gasteiger partial charge in [0.15, 0.2) is 0 Å². The average Bonchev–Trinajstić information content (AvgIpc) is 2.25. The van der Waals surface area contributed by atoms with Gasteiger partial charge < -0.3 is 5.73 Å². The van der Waals surface area contributed by atoms with Crippen molar-refractivity contribution in [2.45, 2.75) is 65.7 Å². The van der Waals surface area contributed by atoms with E-state index in [0.29, 0.717) is 10.8 Å². The molecule has 0 aromatic rings. The molecule has 1 atom stereocenters. The van der Waals surface area contributed by atoms with Crippen molar-refractivity contribution in [2.24, 2.45) is 40.2 Å². The molecule has 0 radical (unpaired) electrons. The zero-order valence-corrected chi connectivity index (χ0v) is 12.5. The predicted octanol–water partition coefficient (Wildman–Crippen LogP) is 4.21. The van der Waals surface area contributed by atoms with Gasteiger partial charge in [0.05, 0.1) is 0 Å². The largest absolute Gasteiger partial charge is 0.330 e. The third-order valence-corrected chi connectivity index (χ3v) is 6.63. The molecule has 4 aliphatic rings. The molecule has 1 heteroatoms. The first-order chi connectivity index (χ1) is 8.46. The minimum absolute atomic E-state index is 0.400. The van der Waals surface area contributed by atoms with Crippen LogP contribution in [-0.2, 0) is 0 Å². The van der Waals surface area contributed by atoms with Crippen molar-refractivity contribution in [3.63, 3.8) is 0 Å². The van der Waals surface area contributed by atoms with Gasteiger partial charge in [-0.05, 0) is 86.0 Å². The molecule has 4 aliphatic carbocycles. The summed E-state index contributed by atoms with van der Waals surface area (Å²) in [6, 6.07) is 0. The molecule has 4 bridgehead atoms. The molecule has 0 heterocycles. The third kappa shape index (κ3) is 1.85. The Kier molecular flexibility index (Phi) is 3.05. The first kappa shape index (κ1) is 13.0. The summed E-state index contributed by atoms with van der Waals surface area (Å²) >= 11 is 0. The Balaban J connectivity index is 1.89. The van der Waals surface area contributed by atoms with Gasteiger partial charge in [-0.1, -0.05) is 20.8 Å². The van der Waals surface area contributed by atoms with Crippen molar-refractivity contribution >= 4 is 0 Å². The molecule has 0 aliphatic heterocycles. The van der Waals surface area contributed by atoms with Crippen molar-refractivity contribution in [2.75, 3.05) is 6.54 Å². The molecule has 18 heavy (non-hydrogen) atoms. The summed E-state index contributed by atoms with van der Waals surface area (Å²) in [4.78, 5) is 0. The minimum Gasteiger partial charge on any atom is -0.330 e. The molecular formula is C17H31N. The Morgan fingerprint density at radius 2 is 1.50 bits per heavy atom. The minimum atomic E-state index is 0.400. The van der Waals surface area contributed by atoms with E-state index in [0.717, 1.165) is 30.2 Å². The number of hydrogen-bond donors (Lipinski definition) is 1. The first-order valence-electron chi connectivity index (χ1n) is 8.16. The van der Waals surface area contributed by atoms with E-state index in [1.54, 1.807) is 19.3 Å². The molecule has 1 unspecified atom stereocenters. The van der Waals surface area contributed by atoms with Crippen LogP contribution in [0.2, 0.25) is 0 Å². The highest BCUT2D eigenvalue weighted by Gasteiger charge is 2.57. The summed E-state index contributed by atoms with van der Waals surface area (Å²) in [5.74, 6) is 3.93. The molecule has 4 rings (SSSR count). The molecule has 0 aromatic carbocycles. The van der Waals surface area contributed by atoms with Gasteiger partial charge in [-0.2, -0.15) is 0 Å². The molecule has 0 aromatic heterocycles. The standard InChI is InChI=1S/C17H31N/c1-12(2)7-16(3,11-18)17-8-13-4-14(9-17)6-15(5-13)10-17/h12-15H,4-11,18H2,1-3H3. The fraction of sp³-hybridized carbons (Fsp3) is 1.00. The van der Waals surface area contributed by atoms with Crippen molar-refractivity contribution in [1.29, 1.82) is 0 Å². The van der Waals surface area contributed by atoms with Crippen molar-refractivity contribution in [1.82, 2.24) is 0 Å². The Bertz CT molecular complexity index is 284. The van der Waals surface area contributed by atoms with E-state index in [-0.39, 0.29) is 0 Å². The van der Waals surface area contributed by atoms with E-state index in [9.17, 15) is 0 Å². The lowest BCUT2D eigenvalue weighted by atomic mass is 9.42. The van der Waals surface area contributed by atoms with Crippen molar-refractivity contribution in [3.05, 3.63) is 0 Å². The van der Waals surface area contributed by atoms with Gasteiger partial charge in [-0.25, -0.2) is 0 Å². The summed E-state index contributed by atoms with van der Waals surface area (Å²) < 4.78 is 0. The maximum Gasteiger partial charge on any atom is -0.00178 e. The van der Waals surface area contributed by atoms with E-state index >= 15 is 0 Å². The zero-order valence-electron chi connectivity index (χ0n) is 12.5. The van der Waals surface area contributed by atoms with Crippen molar-refractivity contribution in [3.8, 4) is 0 Å². The van der Waals surface area contributed by atoms with E-state index in [4.69, 9.17) is 5.73 Å². The highest BCUT2D eigenvalue weighted by Crippen LogP contribution is 2.66. The Morgan fingerprint density at radius 3 is 1.83 bits per heavy atom. The lowest BCUT2D eigenvalue weighted by molar-refractivity contribution is -0.128. The summed E-state index contributed by atoms with van der Waals surface area (Å²) in [6.07, 6.45) is 10.5. The van der Waals surface area contributed by atoms with Crippen molar-refractivity contribution < 1.29 is 0 Å². The van der Waals surface area contributed by atoms with Gasteiger partial charge in [0.2, 0.25) is 0 Å². The van der Waals surface area contributed by atoms with E-state index < -0.39 is 0 Å². The first-order valence-corrected chi connectivity index (χ1v) is 8.16. The monoisotopic (exact) mass is 249 g/mol. The second-order valence-corrected chi connectivity index (χ2v) is 8.56. The van der Waals surface area contributed by atoms with Crippen LogP contribution in [0.25, 0.3) is 0 Å². The Labute approximate surface area is 113 Å². The van der Waals surface area contributed by atoms with E-state index in [1.807, 2.05) is 0 Å². The molecule has 0 spiro atoms. The second-order valence-electron chi connectivity index (χ2n) is 8.56. The smallest absolute Gasteiger partial charge is 0.00178 e. The predicted molar refractivity (Wildman–Crippen MR) is 77.2 cm³/mol. The lowest BCUT2D eigenvalue weighted by Gasteiger charge is -2.63. The number of nitrogens with two attached hydrogens (primary N) is 1. The normalized spacial score (nSPS) is 45.5. The van der Waals surface area contributed by atoms with Gasteiger partial charge in [-0.3, -0.25) is 0 Å². The van der Waals surface area contributed by atoms with Gasteiger partial charge in [0, 0.05) is 0 Å². The summed E-state index contributed by atoms with van der Waals surface area (Å²) in [6.45, 7) is 8.15. The quantitative estimate of drug-likeness (QED) is 0.793. The number of hydrogen-bond acceptors (Lipinski definition) is 1. The molecule has 2 N–H and O–H groups in total. The molecular weight excluding hydrogens is 218 g/mol. The lowest BCUT2D eigenvalue weighted by Crippen LogP contribution is -2.56. The van der Waals surface area contributed by atoms with Gasteiger partial charge in [-0.15, -0.1) is 0 Å². The van der Waals surface area contributed by atoms with Crippen LogP contribution in [0.3, 0.4) is 0 Å². The Morgan fingerprint density at radius 1 is 1.06 bits per heavy atom. The van der Waals surface area contributed by atoms with Crippen LogP contribution in [0.5, 0.6) is 0 Å². The van der Waals surface area contributed by atoms with Crippen LogP contribution in [-0.4, -0.2) is 6.54 Å². The topological polar surface area (TPSA) is 26.0 Å². The molecule has 0 saturated heterocycles. The average molecular weight is 249 g/mol. The zero-order chi connectivity index (χ0) is 13.0. The Hall–Kier alpha value is -0.0400. The summed E-state index contributed by atoms with van der Waals surface area (Å²) in [7, 11) is 0. The third-order valence-electron chi connectivity index (χ3n) is 6.63.